The highest BCUT2D eigenvalue weighted by Gasteiger charge is 2.21. The molecule has 10 heteroatoms. The van der Waals surface area contributed by atoms with Crippen LogP contribution >= 0.6 is 46.4 Å². The number of carbonyl (C=O) groups is 2. The minimum absolute atomic E-state index is 0.207. The van der Waals surface area contributed by atoms with E-state index >= 15 is 0 Å². The van der Waals surface area contributed by atoms with Crippen molar-refractivity contribution in [1.29, 1.82) is 0 Å². The van der Waals surface area contributed by atoms with E-state index in [2.05, 4.69) is 0 Å². The molecule has 4 amide bonds. The lowest BCUT2D eigenvalue weighted by molar-refractivity contribution is 0.162. The molecular formula is C14H9Cl4N3O3. The zero-order valence-electron chi connectivity index (χ0n) is 11.7. The number of amides is 4. The lowest BCUT2D eigenvalue weighted by Crippen LogP contribution is -2.44. The van der Waals surface area contributed by atoms with Crippen LogP contribution in [0.3, 0.4) is 0 Å². The molecule has 2 aromatic rings. The van der Waals surface area contributed by atoms with Crippen LogP contribution in [-0.4, -0.2) is 17.3 Å². The molecule has 2 rings (SSSR count). The van der Waals surface area contributed by atoms with E-state index in [0.717, 1.165) is 4.90 Å². The molecule has 2 aromatic carbocycles. The zero-order chi connectivity index (χ0) is 17.9. The van der Waals surface area contributed by atoms with Gasteiger partial charge in [0, 0.05) is 0 Å². The fourth-order valence-electron chi connectivity index (χ4n) is 1.81. The number of urea groups is 2. The summed E-state index contributed by atoms with van der Waals surface area (Å²) in [6.45, 7) is 0. The minimum atomic E-state index is -1.11. The van der Waals surface area contributed by atoms with Crippen LogP contribution < -0.4 is 15.7 Å². The number of rotatable bonds is 2. The molecule has 0 radical (unpaired) electrons. The summed E-state index contributed by atoms with van der Waals surface area (Å²) >= 11 is 23.7. The lowest BCUT2D eigenvalue weighted by atomic mass is 10.2. The summed E-state index contributed by atoms with van der Waals surface area (Å²) in [5.41, 5.74) is 1.93. The van der Waals surface area contributed by atoms with E-state index in [9.17, 15) is 9.59 Å². The maximum Gasteiger partial charge on any atom is 0.346 e. The van der Waals surface area contributed by atoms with E-state index < -0.39 is 12.1 Å². The monoisotopic (exact) mass is 407 g/mol. The largest absolute Gasteiger partial charge is 0.346 e. The van der Waals surface area contributed by atoms with Gasteiger partial charge in [0.05, 0.1) is 31.5 Å². The van der Waals surface area contributed by atoms with Crippen LogP contribution in [0, 0.1) is 0 Å². The van der Waals surface area contributed by atoms with E-state index in [-0.39, 0.29) is 10.0 Å². The van der Waals surface area contributed by atoms with Crippen molar-refractivity contribution in [3.05, 3.63) is 56.5 Å². The van der Waals surface area contributed by atoms with Gasteiger partial charge < -0.3 is 0 Å². The van der Waals surface area contributed by atoms with Crippen LogP contribution in [0.2, 0.25) is 20.1 Å². The summed E-state index contributed by atoms with van der Waals surface area (Å²) in [7, 11) is 0. The summed E-state index contributed by atoms with van der Waals surface area (Å²) in [5, 5.41) is 11.5. The van der Waals surface area contributed by atoms with Crippen molar-refractivity contribution in [3.8, 4) is 0 Å². The minimum Gasteiger partial charge on any atom is -0.287 e. The van der Waals surface area contributed by atoms with Crippen molar-refractivity contribution >= 4 is 69.8 Å². The number of benzene rings is 2. The van der Waals surface area contributed by atoms with E-state index in [0.29, 0.717) is 21.4 Å². The Balaban J connectivity index is 2.51. The standard InChI is InChI=1S/C14H9Cl4N3O3/c15-9-3-1-7(5-11(9)17)21(14(23)19-13(22)20-24)8-2-4-10(16)12(18)6-8/h1-6,24H,(H2,19,20,22,23). The highest BCUT2D eigenvalue weighted by Crippen LogP contribution is 2.34. The normalized spacial score (nSPS) is 10.2. The Labute approximate surface area is 156 Å². The van der Waals surface area contributed by atoms with Crippen molar-refractivity contribution < 1.29 is 14.8 Å². The molecule has 0 spiro atoms. The SMILES string of the molecule is O=C(NO)NC(=O)N(c1ccc(Cl)c(Cl)c1)c1ccc(Cl)c(Cl)c1. The predicted octanol–water partition coefficient (Wildman–Crippen LogP) is 5.25. The first-order valence-electron chi connectivity index (χ1n) is 6.28. The van der Waals surface area contributed by atoms with Gasteiger partial charge in [-0.15, -0.1) is 0 Å². The summed E-state index contributed by atoms with van der Waals surface area (Å²) in [6.07, 6.45) is 0. The van der Waals surface area contributed by atoms with Crippen LogP contribution in [-0.2, 0) is 0 Å². The van der Waals surface area contributed by atoms with Crippen molar-refractivity contribution in [1.82, 2.24) is 10.8 Å². The first-order valence-corrected chi connectivity index (χ1v) is 7.80. The van der Waals surface area contributed by atoms with Gasteiger partial charge in [0.15, 0.2) is 0 Å². The number of hydroxylamine groups is 1. The molecule has 0 aliphatic carbocycles. The third kappa shape index (κ3) is 4.23. The molecule has 3 N–H and O–H groups in total. The van der Waals surface area contributed by atoms with E-state index in [4.69, 9.17) is 51.6 Å². The van der Waals surface area contributed by atoms with Gasteiger partial charge in [0.25, 0.3) is 0 Å². The number of imide groups is 1. The molecule has 0 atom stereocenters. The summed E-state index contributed by atoms with van der Waals surface area (Å²) < 4.78 is 0. The van der Waals surface area contributed by atoms with Gasteiger partial charge in [-0.05, 0) is 36.4 Å². The third-order valence-electron chi connectivity index (χ3n) is 2.85. The fraction of sp³-hybridized carbons (Fsp3) is 0. The molecule has 0 unspecified atom stereocenters. The molecule has 0 aliphatic rings. The molecule has 0 fully saturated rings. The second-order valence-corrected chi connectivity index (χ2v) is 6.03. The van der Waals surface area contributed by atoms with Crippen LogP contribution in [0.1, 0.15) is 0 Å². The first kappa shape index (κ1) is 18.6. The average Bonchev–Trinajstić information content (AvgIpc) is 2.54. The Morgan fingerprint density at radius 2 is 1.29 bits per heavy atom. The van der Waals surface area contributed by atoms with Crippen LogP contribution in [0.4, 0.5) is 21.0 Å². The van der Waals surface area contributed by atoms with Crippen molar-refractivity contribution in [3.63, 3.8) is 0 Å². The summed E-state index contributed by atoms with van der Waals surface area (Å²) in [5.74, 6) is 0. The molecular weight excluding hydrogens is 400 g/mol. The quantitative estimate of drug-likeness (QED) is 0.469. The Kier molecular flexibility index (Phi) is 6.15. The summed E-state index contributed by atoms with van der Waals surface area (Å²) in [6, 6.07) is 6.92. The van der Waals surface area contributed by atoms with Crippen LogP contribution in [0.15, 0.2) is 36.4 Å². The summed E-state index contributed by atoms with van der Waals surface area (Å²) in [4.78, 5) is 24.7. The Morgan fingerprint density at radius 3 is 1.67 bits per heavy atom. The van der Waals surface area contributed by atoms with Gasteiger partial charge in [0.2, 0.25) is 0 Å². The smallest absolute Gasteiger partial charge is 0.287 e. The van der Waals surface area contributed by atoms with Gasteiger partial charge in [-0.3, -0.25) is 15.4 Å². The van der Waals surface area contributed by atoms with Gasteiger partial charge in [0.1, 0.15) is 0 Å². The van der Waals surface area contributed by atoms with Gasteiger partial charge in [-0.1, -0.05) is 46.4 Å². The number of hydrogen-bond donors (Lipinski definition) is 3. The number of hydrogen-bond acceptors (Lipinski definition) is 3. The van der Waals surface area contributed by atoms with Gasteiger partial charge >= 0.3 is 12.1 Å². The molecule has 0 heterocycles. The average molecular weight is 409 g/mol. The second-order valence-electron chi connectivity index (χ2n) is 4.40. The highest BCUT2D eigenvalue weighted by molar-refractivity contribution is 6.43. The number of nitrogens with zero attached hydrogens (tertiary/aromatic N) is 1. The Bertz CT molecular complexity index is 749. The highest BCUT2D eigenvalue weighted by atomic mass is 35.5. The maximum atomic E-state index is 12.4. The van der Waals surface area contributed by atoms with Gasteiger partial charge in [-0.2, -0.15) is 0 Å². The predicted molar refractivity (Wildman–Crippen MR) is 93.9 cm³/mol. The van der Waals surface area contributed by atoms with Crippen LogP contribution in [0.5, 0.6) is 0 Å². The van der Waals surface area contributed by atoms with Crippen LogP contribution in [0.25, 0.3) is 0 Å². The van der Waals surface area contributed by atoms with Crippen molar-refractivity contribution in [2.75, 3.05) is 4.90 Å². The Hall–Kier alpha value is -1.70. The molecule has 0 aliphatic heterocycles. The molecule has 126 valence electrons. The van der Waals surface area contributed by atoms with Crippen molar-refractivity contribution in [2.45, 2.75) is 0 Å². The number of carbonyl (C=O) groups excluding carboxylic acids is 2. The number of anilines is 2. The topological polar surface area (TPSA) is 81.7 Å². The third-order valence-corrected chi connectivity index (χ3v) is 4.33. The molecule has 24 heavy (non-hydrogen) atoms. The van der Waals surface area contributed by atoms with E-state index in [1.54, 1.807) is 0 Å². The van der Waals surface area contributed by atoms with E-state index in [1.807, 2.05) is 5.32 Å². The molecule has 0 aromatic heterocycles. The zero-order valence-corrected chi connectivity index (χ0v) is 14.7. The molecule has 0 saturated carbocycles. The molecule has 0 saturated heterocycles. The lowest BCUT2D eigenvalue weighted by Gasteiger charge is -2.23. The van der Waals surface area contributed by atoms with Crippen molar-refractivity contribution in [2.24, 2.45) is 0 Å². The fourth-order valence-corrected chi connectivity index (χ4v) is 2.40. The molecule has 0 bridgehead atoms. The number of nitrogens with one attached hydrogen (secondary N) is 2. The Morgan fingerprint density at radius 1 is 0.833 bits per heavy atom. The molecule has 6 nitrogen and oxygen atoms in total. The first-order chi connectivity index (χ1) is 11.3. The van der Waals surface area contributed by atoms with Gasteiger partial charge in [-0.25, -0.2) is 15.1 Å². The van der Waals surface area contributed by atoms with E-state index in [1.165, 1.54) is 41.9 Å². The maximum absolute atomic E-state index is 12.4. The second kappa shape index (κ2) is 7.92. The number of halogens is 4.